The summed E-state index contributed by atoms with van der Waals surface area (Å²) in [7, 11) is 0. The molecule has 0 spiro atoms. The molecule has 3 heterocycles. The van der Waals surface area contributed by atoms with Gasteiger partial charge in [0.2, 0.25) is 5.89 Å². The minimum atomic E-state index is 0.647. The third-order valence-corrected chi connectivity index (χ3v) is 4.66. The first-order valence-corrected chi connectivity index (χ1v) is 8.17. The Morgan fingerprint density at radius 1 is 0.857 bits per heavy atom. The zero-order valence-corrected chi connectivity index (χ0v) is 13.4. The number of aryl methyl sites for hydroxylation is 6. The van der Waals surface area contributed by atoms with Crippen molar-refractivity contribution in [2.45, 2.75) is 39.5 Å². The molecule has 0 saturated heterocycles. The molecule has 9 heteroatoms. The second kappa shape index (κ2) is 6.35. The smallest absolute Gasteiger partial charge is 0.227 e. The Morgan fingerprint density at radius 3 is 2.19 bits per heavy atom. The minimum Gasteiger partial charge on any atom is -0.339 e. The molecule has 0 atom stereocenters. The van der Waals surface area contributed by atoms with Gasteiger partial charge in [0.15, 0.2) is 5.82 Å². The molecule has 0 aliphatic rings. The highest BCUT2D eigenvalue weighted by molar-refractivity contribution is 7.11. The van der Waals surface area contributed by atoms with Gasteiger partial charge in [-0.05, 0) is 25.4 Å². The highest BCUT2D eigenvalue weighted by Crippen LogP contribution is 2.15. The van der Waals surface area contributed by atoms with Gasteiger partial charge in [-0.1, -0.05) is 5.16 Å². The van der Waals surface area contributed by atoms with Crippen LogP contribution >= 0.6 is 22.9 Å². The van der Waals surface area contributed by atoms with Crippen molar-refractivity contribution < 1.29 is 4.52 Å². The van der Waals surface area contributed by atoms with E-state index in [1.165, 1.54) is 11.5 Å². The monoisotopic (exact) mass is 322 g/mol. The quantitative estimate of drug-likeness (QED) is 0.685. The molecule has 0 aliphatic heterocycles. The van der Waals surface area contributed by atoms with Crippen LogP contribution in [0.15, 0.2) is 4.52 Å². The predicted molar refractivity (Wildman–Crippen MR) is 78.4 cm³/mol. The molecular weight excluding hydrogens is 308 g/mol. The second-order valence-electron chi connectivity index (χ2n) is 4.56. The van der Waals surface area contributed by atoms with E-state index >= 15 is 0 Å². The van der Waals surface area contributed by atoms with E-state index in [1.807, 2.05) is 13.8 Å². The van der Waals surface area contributed by atoms with Gasteiger partial charge in [-0.3, -0.25) is 0 Å². The SMILES string of the molecule is Cc1noc(CCc2nnc(CCc3nc(C)ns3)s2)n1. The molecule has 0 aliphatic carbocycles. The van der Waals surface area contributed by atoms with Crippen LogP contribution in [-0.4, -0.2) is 29.7 Å². The van der Waals surface area contributed by atoms with E-state index in [0.717, 1.165) is 40.1 Å². The van der Waals surface area contributed by atoms with Crippen molar-refractivity contribution in [3.63, 3.8) is 0 Å². The van der Waals surface area contributed by atoms with Gasteiger partial charge in [0.05, 0.1) is 0 Å². The maximum Gasteiger partial charge on any atom is 0.227 e. The van der Waals surface area contributed by atoms with E-state index in [2.05, 4.69) is 29.7 Å². The van der Waals surface area contributed by atoms with E-state index in [-0.39, 0.29) is 0 Å². The molecule has 0 radical (unpaired) electrons. The zero-order valence-electron chi connectivity index (χ0n) is 11.7. The fourth-order valence-corrected chi connectivity index (χ4v) is 3.29. The van der Waals surface area contributed by atoms with Crippen LogP contribution in [0.1, 0.15) is 32.6 Å². The van der Waals surface area contributed by atoms with Crippen molar-refractivity contribution in [3.05, 3.63) is 32.6 Å². The van der Waals surface area contributed by atoms with Crippen LogP contribution < -0.4 is 0 Å². The fourth-order valence-electron chi connectivity index (χ4n) is 1.80. The first kappa shape index (κ1) is 14.2. The molecule has 0 unspecified atom stereocenters. The highest BCUT2D eigenvalue weighted by Gasteiger charge is 2.09. The molecule has 21 heavy (non-hydrogen) atoms. The Morgan fingerprint density at radius 2 is 1.57 bits per heavy atom. The molecule has 7 nitrogen and oxygen atoms in total. The molecule has 110 valence electrons. The van der Waals surface area contributed by atoms with Gasteiger partial charge in [-0.15, -0.1) is 21.5 Å². The van der Waals surface area contributed by atoms with Crippen molar-refractivity contribution >= 4 is 22.9 Å². The summed E-state index contributed by atoms with van der Waals surface area (Å²) in [5.74, 6) is 2.15. The van der Waals surface area contributed by atoms with Crippen LogP contribution in [0.3, 0.4) is 0 Å². The molecule has 0 amide bonds. The Bertz CT molecular complexity index is 660. The van der Waals surface area contributed by atoms with Crippen molar-refractivity contribution in [2.24, 2.45) is 0 Å². The Hall–Kier alpha value is -1.74. The van der Waals surface area contributed by atoms with Crippen LogP contribution in [0.2, 0.25) is 0 Å². The Labute approximate surface area is 129 Å². The number of hydrogen-bond acceptors (Lipinski definition) is 9. The molecule has 0 N–H and O–H groups in total. The van der Waals surface area contributed by atoms with Gasteiger partial charge < -0.3 is 4.52 Å². The normalized spacial score (nSPS) is 11.1. The summed E-state index contributed by atoms with van der Waals surface area (Å²) in [5.41, 5.74) is 0. The molecule has 3 aromatic rings. The van der Waals surface area contributed by atoms with Gasteiger partial charge in [0.25, 0.3) is 0 Å². The van der Waals surface area contributed by atoms with Crippen molar-refractivity contribution in [3.8, 4) is 0 Å². The summed E-state index contributed by atoms with van der Waals surface area (Å²) >= 11 is 3.08. The number of hydrogen-bond donors (Lipinski definition) is 0. The summed E-state index contributed by atoms with van der Waals surface area (Å²) in [4.78, 5) is 8.52. The standard InChI is InChI=1S/C12H14N6OS2/c1-7-13-9(19-17-7)3-4-11-15-16-12(20-11)6-5-10-14-8(2)18-21-10/h3-6H2,1-2H3. The van der Waals surface area contributed by atoms with Crippen molar-refractivity contribution in [1.82, 2.24) is 29.7 Å². The van der Waals surface area contributed by atoms with E-state index < -0.39 is 0 Å². The Balaban J connectivity index is 1.51. The lowest BCUT2D eigenvalue weighted by Crippen LogP contribution is -1.91. The topological polar surface area (TPSA) is 90.5 Å². The number of nitrogens with zero attached hydrogens (tertiary/aromatic N) is 6. The van der Waals surface area contributed by atoms with Gasteiger partial charge in [-0.25, -0.2) is 4.98 Å². The average molecular weight is 322 g/mol. The number of aromatic nitrogens is 6. The van der Waals surface area contributed by atoms with E-state index in [1.54, 1.807) is 11.3 Å². The molecular formula is C12H14N6OS2. The van der Waals surface area contributed by atoms with Crippen molar-refractivity contribution in [1.29, 1.82) is 0 Å². The van der Waals surface area contributed by atoms with Crippen LogP contribution in [-0.2, 0) is 25.7 Å². The molecule has 0 saturated carbocycles. The zero-order chi connectivity index (χ0) is 14.7. The van der Waals surface area contributed by atoms with Crippen LogP contribution in [0.5, 0.6) is 0 Å². The molecule has 0 aromatic carbocycles. The lowest BCUT2D eigenvalue weighted by Gasteiger charge is -1.91. The lowest BCUT2D eigenvalue weighted by molar-refractivity contribution is 0.374. The average Bonchev–Trinajstić information content (AvgIpc) is 3.16. The van der Waals surface area contributed by atoms with Gasteiger partial charge in [-0.2, -0.15) is 9.36 Å². The van der Waals surface area contributed by atoms with Crippen LogP contribution in [0, 0.1) is 13.8 Å². The van der Waals surface area contributed by atoms with Crippen LogP contribution in [0.4, 0.5) is 0 Å². The molecule has 3 rings (SSSR count). The van der Waals surface area contributed by atoms with Crippen LogP contribution in [0.25, 0.3) is 0 Å². The predicted octanol–water partition coefficient (Wildman–Crippen LogP) is 1.96. The lowest BCUT2D eigenvalue weighted by atomic mass is 10.3. The third kappa shape index (κ3) is 3.88. The summed E-state index contributed by atoms with van der Waals surface area (Å²) in [6.45, 7) is 3.72. The molecule has 3 aromatic heterocycles. The summed E-state index contributed by atoms with van der Waals surface area (Å²) in [6, 6.07) is 0. The molecule has 0 fully saturated rings. The maximum absolute atomic E-state index is 5.08. The van der Waals surface area contributed by atoms with E-state index in [4.69, 9.17) is 4.52 Å². The summed E-state index contributed by atoms with van der Waals surface area (Å²) < 4.78 is 9.26. The third-order valence-electron chi connectivity index (χ3n) is 2.75. The van der Waals surface area contributed by atoms with Gasteiger partial charge in [0.1, 0.15) is 20.8 Å². The Kier molecular flexibility index (Phi) is 4.30. The fraction of sp³-hybridized carbons (Fsp3) is 0.500. The maximum atomic E-state index is 5.08. The van der Waals surface area contributed by atoms with Gasteiger partial charge in [0, 0.05) is 25.7 Å². The summed E-state index contributed by atoms with van der Waals surface area (Å²) in [6.07, 6.45) is 3.19. The van der Waals surface area contributed by atoms with Crippen molar-refractivity contribution in [2.75, 3.05) is 0 Å². The second-order valence-corrected chi connectivity index (χ2v) is 6.54. The van der Waals surface area contributed by atoms with E-state index in [0.29, 0.717) is 18.1 Å². The first-order valence-electron chi connectivity index (χ1n) is 6.58. The first-order chi connectivity index (χ1) is 10.2. The number of rotatable bonds is 6. The molecule has 0 bridgehead atoms. The minimum absolute atomic E-state index is 0.647. The highest BCUT2D eigenvalue weighted by atomic mass is 32.1. The van der Waals surface area contributed by atoms with E-state index in [9.17, 15) is 0 Å². The largest absolute Gasteiger partial charge is 0.339 e. The van der Waals surface area contributed by atoms with Gasteiger partial charge >= 0.3 is 0 Å². The summed E-state index contributed by atoms with van der Waals surface area (Å²) in [5, 5.41) is 15.3.